The van der Waals surface area contributed by atoms with Crippen LogP contribution in [-0.2, 0) is 10.2 Å². The Morgan fingerprint density at radius 1 is 1.38 bits per heavy atom. The lowest BCUT2D eigenvalue weighted by Gasteiger charge is -2.30. The third-order valence-electron chi connectivity index (χ3n) is 4.00. The first-order chi connectivity index (χ1) is 9.91. The predicted octanol–water partition coefficient (Wildman–Crippen LogP) is 1.74. The minimum atomic E-state index is -0.716. The van der Waals surface area contributed by atoms with Crippen LogP contribution in [0.25, 0.3) is 0 Å². The summed E-state index contributed by atoms with van der Waals surface area (Å²) in [4.78, 5) is 22.7. The summed E-state index contributed by atoms with van der Waals surface area (Å²) >= 11 is 0. The first-order valence-electron chi connectivity index (χ1n) is 7.18. The van der Waals surface area contributed by atoms with Gasteiger partial charge in [0, 0.05) is 24.7 Å². The number of carbonyl (C=O) groups is 1. The van der Waals surface area contributed by atoms with Crippen LogP contribution in [0.15, 0.2) is 24.3 Å². The van der Waals surface area contributed by atoms with Gasteiger partial charge < -0.3 is 10.6 Å². The molecule has 1 aliphatic heterocycles. The molecule has 1 atom stereocenters. The second-order valence-corrected chi connectivity index (χ2v) is 5.95. The molecule has 1 aromatic rings. The summed E-state index contributed by atoms with van der Waals surface area (Å²) in [6.45, 7) is 5.46. The number of piperidine rings is 1. The molecular formula is C15H21N3O3. The van der Waals surface area contributed by atoms with E-state index in [4.69, 9.17) is 0 Å². The fraction of sp³-hybridized carbons (Fsp3) is 0.533. The highest BCUT2D eigenvalue weighted by Crippen LogP contribution is 2.25. The van der Waals surface area contributed by atoms with Crippen LogP contribution in [0.4, 0.5) is 5.69 Å². The molecule has 114 valence electrons. The number of hydrogen-bond acceptors (Lipinski definition) is 4. The topological polar surface area (TPSA) is 84.3 Å². The summed E-state index contributed by atoms with van der Waals surface area (Å²) in [6, 6.07) is 6.33. The largest absolute Gasteiger partial charge is 0.351 e. The van der Waals surface area contributed by atoms with Crippen LogP contribution in [0.2, 0.25) is 0 Å². The fourth-order valence-corrected chi connectivity index (χ4v) is 2.47. The molecule has 0 saturated carbocycles. The minimum Gasteiger partial charge on any atom is -0.351 e. The average molecular weight is 291 g/mol. The van der Waals surface area contributed by atoms with Crippen molar-refractivity contribution < 1.29 is 9.72 Å². The lowest BCUT2D eigenvalue weighted by Crippen LogP contribution is -2.50. The lowest BCUT2D eigenvalue weighted by molar-refractivity contribution is -0.384. The van der Waals surface area contributed by atoms with E-state index in [0.29, 0.717) is 0 Å². The summed E-state index contributed by atoms with van der Waals surface area (Å²) < 4.78 is 0. The molecule has 1 aliphatic rings. The van der Waals surface area contributed by atoms with E-state index < -0.39 is 10.3 Å². The van der Waals surface area contributed by atoms with Crippen LogP contribution in [0.3, 0.4) is 0 Å². The van der Waals surface area contributed by atoms with Gasteiger partial charge in [0.05, 0.1) is 10.3 Å². The van der Waals surface area contributed by atoms with E-state index in [1.54, 1.807) is 12.1 Å². The van der Waals surface area contributed by atoms with Crippen molar-refractivity contribution in [1.29, 1.82) is 0 Å². The van der Waals surface area contributed by atoms with Crippen molar-refractivity contribution in [1.82, 2.24) is 10.6 Å². The van der Waals surface area contributed by atoms with Gasteiger partial charge in [0.15, 0.2) is 0 Å². The molecule has 6 heteroatoms. The smallest absolute Gasteiger partial charge is 0.269 e. The maximum atomic E-state index is 12.5. The summed E-state index contributed by atoms with van der Waals surface area (Å²) in [5.41, 5.74) is 0.0906. The van der Waals surface area contributed by atoms with Gasteiger partial charge in [0.2, 0.25) is 5.91 Å². The molecule has 1 amide bonds. The zero-order valence-corrected chi connectivity index (χ0v) is 12.4. The number of nitrogens with zero attached hydrogens (tertiary/aromatic N) is 1. The van der Waals surface area contributed by atoms with Crippen LogP contribution in [0, 0.1) is 10.1 Å². The van der Waals surface area contributed by atoms with Gasteiger partial charge >= 0.3 is 0 Å². The Morgan fingerprint density at radius 2 is 2.05 bits per heavy atom. The molecule has 2 N–H and O–H groups in total. The fourth-order valence-electron chi connectivity index (χ4n) is 2.47. The van der Waals surface area contributed by atoms with Crippen molar-refractivity contribution in [3.63, 3.8) is 0 Å². The zero-order valence-electron chi connectivity index (χ0n) is 12.4. The number of hydrogen-bond donors (Lipinski definition) is 2. The second kappa shape index (κ2) is 6.22. The van der Waals surface area contributed by atoms with E-state index in [2.05, 4.69) is 10.6 Å². The predicted molar refractivity (Wildman–Crippen MR) is 80.2 cm³/mol. The maximum absolute atomic E-state index is 12.5. The number of benzene rings is 1. The van der Waals surface area contributed by atoms with E-state index in [1.165, 1.54) is 12.1 Å². The first kappa shape index (κ1) is 15.4. The molecule has 1 aromatic carbocycles. The zero-order chi connectivity index (χ0) is 15.5. The molecule has 0 spiro atoms. The van der Waals surface area contributed by atoms with E-state index in [1.807, 2.05) is 13.8 Å². The number of nitro groups is 1. The Hall–Kier alpha value is -1.95. The SMILES string of the molecule is CC(C)(C(=O)N[C@H]1CCCNC1)c1ccc([N+](=O)[O-])cc1. The van der Waals surface area contributed by atoms with Crippen molar-refractivity contribution in [2.24, 2.45) is 0 Å². The molecule has 6 nitrogen and oxygen atoms in total. The number of amides is 1. The Bertz CT molecular complexity index is 519. The Balaban J connectivity index is 2.08. The number of nitrogens with one attached hydrogen (secondary N) is 2. The van der Waals surface area contributed by atoms with Gasteiger partial charge in [-0.25, -0.2) is 0 Å². The number of non-ortho nitro benzene ring substituents is 1. The van der Waals surface area contributed by atoms with Gasteiger partial charge in [-0.05, 0) is 38.8 Å². The molecule has 0 unspecified atom stereocenters. The molecular weight excluding hydrogens is 270 g/mol. The monoisotopic (exact) mass is 291 g/mol. The average Bonchev–Trinajstić information content (AvgIpc) is 2.48. The highest BCUT2D eigenvalue weighted by atomic mass is 16.6. The summed E-state index contributed by atoms with van der Waals surface area (Å²) in [5, 5.41) is 17.0. The number of nitro benzene ring substituents is 1. The second-order valence-electron chi connectivity index (χ2n) is 5.95. The van der Waals surface area contributed by atoms with Gasteiger partial charge in [-0.2, -0.15) is 0 Å². The highest BCUT2D eigenvalue weighted by molar-refractivity contribution is 5.87. The van der Waals surface area contributed by atoms with E-state index in [9.17, 15) is 14.9 Å². The molecule has 0 bridgehead atoms. The van der Waals surface area contributed by atoms with Gasteiger partial charge in [0.1, 0.15) is 0 Å². The van der Waals surface area contributed by atoms with Crippen molar-refractivity contribution in [3.8, 4) is 0 Å². The molecule has 2 rings (SSSR count). The summed E-state index contributed by atoms with van der Waals surface area (Å²) in [5.74, 6) is -0.0509. The van der Waals surface area contributed by atoms with Crippen molar-refractivity contribution in [2.45, 2.75) is 38.1 Å². The van der Waals surface area contributed by atoms with Crippen LogP contribution >= 0.6 is 0 Å². The van der Waals surface area contributed by atoms with Crippen molar-refractivity contribution in [3.05, 3.63) is 39.9 Å². The molecule has 0 aliphatic carbocycles. The number of carbonyl (C=O) groups excluding carboxylic acids is 1. The Kier molecular flexibility index (Phi) is 4.57. The Morgan fingerprint density at radius 3 is 2.57 bits per heavy atom. The first-order valence-corrected chi connectivity index (χ1v) is 7.18. The van der Waals surface area contributed by atoms with Crippen LogP contribution < -0.4 is 10.6 Å². The summed E-state index contributed by atoms with van der Waals surface area (Å²) in [7, 11) is 0. The molecule has 1 fully saturated rings. The number of rotatable bonds is 4. The Labute approximate surface area is 124 Å². The minimum absolute atomic E-state index is 0.0337. The van der Waals surface area contributed by atoms with Crippen LogP contribution in [-0.4, -0.2) is 30.0 Å². The third kappa shape index (κ3) is 3.58. The maximum Gasteiger partial charge on any atom is 0.269 e. The summed E-state index contributed by atoms with van der Waals surface area (Å²) in [6.07, 6.45) is 2.04. The molecule has 0 radical (unpaired) electrons. The van der Waals surface area contributed by atoms with Gasteiger partial charge in [0.25, 0.3) is 5.69 Å². The standard InChI is InChI=1S/C15H21N3O3/c1-15(2,11-5-7-13(8-6-11)18(20)21)14(19)17-12-4-3-9-16-10-12/h5-8,12,16H,3-4,9-10H2,1-2H3,(H,17,19)/t12-/m0/s1. The van der Waals surface area contributed by atoms with Crippen LogP contribution in [0.5, 0.6) is 0 Å². The lowest BCUT2D eigenvalue weighted by atomic mass is 9.83. The normalized spacial score (nSPS) is 19.0. The van der Waals surface area contributed by atoms with E-state index in [0.717, 1.165) is 31.5 Å². The quantitative estimate of drug-likeness (QED) is 0.653. The van der Waals surface area contributed by atoms with Gasteiger partial charge in [-0.15, -0.1) is 0 Å². The van der Waals surface area contributed by atoms with Gasteiger partial charge in [-0.3, -0.25) is 14.9 Å². The van der Waals surface area contributed by atoms with Crippen molar-refractivity contribution in [2.75, 3.05) is 13.1 Å². The van der Waals surface area contributed by atoms with Gasteiger partial charge in [-0.1, -0.05) is 12.1 Å². The van der Waals surface area contributed by atoms with Crippen molar-refractivity contribution >= 4 is 11.6 Å². The molecule has 21 heavy (non-hydrogen) atoms. The molecule has 1 saturated heterocycles. The molecule has 1 heterocycles. The third-order valence-corrected chi connectivity index (χ3v) is 4.00. The van der Waals surface area contributed by atoms with E-state index in [-0.39, 0.29) is 17.6 Å². The van der Waals surface area contributed by atoms with E-state index >= 15 is 0 Å². The van der Waals surface area contributed by atoms with Crippen LogP contribution in [0.1, 0.15) is 32.3 Å². The highest BCUT2D eigenvalue weighted by Gasteiger charge is 2.31. The molecule has 0 aromatic heterocycles.